The molecule has 0 amide bonds. The maximum Gasteiger partial charge on any atom is 0.115 e. The van der Waals surface area contributed by atoms with Crippen molar-refractivity contribution in [3.8, 4) is 5.69 Å². The molecule has 2 aromatic carbocycles. The largest absolute Gasteiger partial charge is 0.294 e. The van der Waals surface area contributed by atoms with Gasteiger partial charge in [-0.1, -0.05) is 35.9 Å². The molecular formula is C17H16Cl2N2. The predicted octanol–water partition coefficient (Wildman–Crippen LogP) is 5.08. The predicted molar refractivity (Wildman–Crippen MR) is 90.0 cm³/mol. The Hall–Kier alpha value is -1.51. The van der Waals surface area contributed by atoms with E-state index in [1.807, 2.05) is 18.2 Å². The normalized spacial score (nSPS) is 11.2. The number of nitrogens with zero attached hydrogens (tertiary/aromatic N) is 2. The van der Waals surface area contributed by atoms with Crippen LogP contribution in [0.4, 0.5) is 0 Å². The molecule has 0 aliphatic rings. The molecule has 0 N–H and O–H groups in total. The van der Waals surface area contributed by atoms with Crippen molar-refractivity contribution in [2.75, 3.05) is 5.88 Å². The summed E-state index contributed by atoms with van der Waals surface area (Å²) in [5.74, 6) is 1.48. The maximum atomic E-state index is 6.45. The van der Waals surface area contributed by atoms with Crippen LogP contribution in [0.1, 0.15) is 17.0 Å². The third-order valence-corrected chi connectivity index (χ3v) is 4.18. The second-order valence-electron chi connectivity index (χ2n) is 5.15. The Morgan fingerprint density at radius 3 is 2.48 bits per heavy atom. The highest BCUT2D eigenvalue weighted by Gasteiger charge is 2.16. The van der Waals surface area contributed by atoms with Crippen molar-refractivity contribution >= 4 is 34.2 Å². The van der Waals surface area contributed by atoms with Gasteiger partial charge in [0.2, 0.25) is 0 Å². The molecule has 0 aliphatic carbocycles. The molecule has 2 nitrogen and oxygen atoms in total. The van der Waals surface area contributed by atoms with Crippen LogP contribution in [-0.4, -0.2) is 15.4 Å². The molecule has 1 heterocycles. The number of hydrogen-bond donors (Lipinski definition) is 0. The van der Waals surface area contributed by atoms with Gasteiger partial charge in [0.1, 0.15) is 5.82 Å². The van der Waals surface area contributed by atoms with Crippen LogP contribution in [-0.2, 0) is 6.42 Å². The first kappa shape index (κ1) is 14.4. The van der Waals surface area contributed by atoms with Crippen LogP contribution in [0.25, 0.3) is 16.7 Å². The van der Waals surface area contributed by atoms with E-state index in [9.17, 15) is 0 Å². The van der Waals surface area contributed by atoms with Crippen molar-refractivity contribution in [3.05, 3.63) is 58.4 Å². The Balaban J connectivity index is 2.40. The molecule has 0 unspecified atom stereocenters. The number of para-hydroxylation sites is 2. The van der Waals surface area contributed by atoms with Crippen molar-refractivity contribution in [3.63, 3.8) is 0 Å². The molecule has 0 radical (unpaired) electrons. The second kappa shape index (κ2) is 5.70. The molecule has 0 bridgehead atoms. The molecule has 108 valence electrons. The molecule has 0 spiro atoms. The first-order chi connectivity index (χ1) is 10.1. The molecule has 21 heavy (non-hydrogen) atoms. The molecule has 4 heteroatoms. The van der Waals surface area contributed by atoms with Gasteiger partial charge >= 0.3 is 0 Å². The van der Waals surface area contributed by atoms with E-state index in [0.29, 0.717) is 12.3 Å². The Bertz CT molecular complexity index is 786. The van der Waals surface area contributed by atoms with Gasteiger partial charge < -0.3 is 0 Å². The van der Waals surface area contributed by atoms with Crippen LogP contribution >= 0.6 is 23.2 Å². The monoisotopic (exact) mass is 318 g/mol. The Kier molecular flexibility index (Phi) is 3.92. The first-order valence-electron chi connectivity index (χ1n) is 6.92. The fourth-order valence-electron chi connectivity index (χ4n) is 2.70. The highest BCUT2D eigenvalue weighted by Crippen LogP contribution is 2.30. The summed E-state index contributed by atoms with van der Waals surface area (Å²) in [6.07, 6.45) is 0.709. The number of rotatable bonds is 3. The van der Waals surface area contributed by atoms with Gasteiger partial charge in [-0.25, -0.2) is 4.98 Å². The highest BCUT2D eigenvalue weighted by atomic mass is 35.5. The average Bonchev–Trinajstić information content (AvgIpc) is 2.80. The average molecular weight is 319 g/mol. The molecule has 1 aromatic heterocycles. The van der Waals surface area contributed by atoms with Crippen molar-refractivity contribution in [1.82, 2.24) is 9.55 Å². The number of aryl methyl sites for hydroxylation is 3. The molecule has 0 saturated carbocycles. The van der Waals surface area contributed by atoms with Crippen molar-refractivity contribution in [2.24, 2.45) is 0 Å². The fourth-order valence-corrected chi connectivity index (χ4v) is 3.17. The van der Waals surface area contributed by atoms with Crippen LogP contribution in [0.3, 0.4) is 0 Å². The smallest absolute Gasteiger partial charge is 0.115 e. The van der Waals surface area contributed by atoms with Gasteiger partial charge in [0, 0.05) is 12.3 Å². The number of fused-ring (bicyclic) bond motifs is 1. The Labute approximate surface area is 134 Å². The minimum Gasteiger partial charge on any atom is -0.294 e. The van der Waals surface area contributed by atoms with Crippen LogP contribution in [0, 0.1) is 13.8 Å². The summed E-state index contributed by atoms with van der Waals surface area (Å²) >= 11 is 12.4. The van der Waals surface area contributed by atoms with E-state index in [1.165, 1.54) is 0 Å². The zero-order chi connectivity index (χ0) is 15.0. The number of benzene rings is 2. The summed E-state index contributed by atoms with van der Waals surface area (Å²) in [5, 5.41) is 0.728. The standard InChI is InChI=1S/C17H16Cl2N2/c1-11-5-4-8-14-16(11)20-15(9-10-18)21(14)17-12(2)6-3-7-13(17)19/h3-8H,9-10H2,1-2H3. The van der Waals surface area contributed by atoms with E-state index < -0.39 is 0 Å². The van der Waals surface area contributed by atoms with Crippen molar-refractivity contribution in [1.29, 1.82) is 0 Å². The molecule has 0 atom stereocenters. The summed E-state index contributed by atoms with van der Waals surface area (Å²) < 4.78 is 2.14. The zero-order valence-corrected chi connectivity index (χ0v) is 13.5. The van der Waals surface area contributed by atoms with Crippen molar-refractivity contribution in [2.45, 2.75) is 20.3 Å². The van der Waals surface area contributed by atoms with Gasteiger partial charge in [-0.2, -0.15) is 0 Å². The summed E-state index contributed by atoms with van der Waals surface area (Å²) in [6.45, 7) is 4.14. The zero-order valence-electron chi connectivity index (χ0n) is 12.0. The first-order valence-corrected chi connectivity index (χ1v) is 7.83. The van der Waals surface area contributed by atoms with Gasteiger partial charge in [-0.3, -0.25) is 4.57 Å². The summed E-state index contributed by atoms with van der Waals surface area (Å²) in [5.41, 5.74) is 5.36. The van der Waals surface area contributed by atoms with E-state index >= 15 is 0 Å². The molecule has 3 rings (SSSR count). The van der Waals surface area contributed by atoms with Gasteiger partial charge in [0.25, 0.3) is 0 Å². The van der Waals surface area contributed by atoms with E-state index in [0.717, 1.165) is 38.7 Å². The molecule has 0 aliphatic heterocycles. The fraction of sp³-hybridized carbons (Fsp3) is 0.235. The molecular weight excluding hydrogens is 303 g/mol. The van der Waals surface area contributed by atoms with Crippen LogP contribution < -0.4 is 0 Å². The van der Waals surface area contributed by atoms with E-state index in [2.05, 4.69) is 36.6 Å². The minimum absolute atomic E-state index is 0.534. The maximum absolute atomic E-state index is 6.45. The summed E-state index contributed by atoms with van der Waals surface area (Å²) in [7, 11) is 0. The Morgan fingerprint density at radius 2 is 1.76 bits per heavy atom. The second-order valence-corrected chi connectivity index (χ2v) is 5.94. The summed E-state index contributed by atoms with van der Waals surface area (Å²) in [6, 6.07) is 12.1. The van der Waals surface area contributed by atoms with Gasteiger partial charge in [-0.05, 0) is 37.1 Å². The summed E-state index contributed by atoms with van der Waals surface area (Å²) in [4.78, 5) is 4.78. The lowest BCUT2D eigenvalue weighted by molar-refractivity contribution is 0.907. The molecule has 3 aromatic rings. The van der Waals surface area contributed by atoms with Gasteiger partial charge in [0.05, 0.1) is 21.7 Å². The van der Waals surface area contributed by atoms with E-state index in [-0.39, 0.29) is 0 Å². The van der Waals surface area contributed by atoms with Crippen LogP contribution in [0.2, 0.25) is 5.02 Å². The van der Waals surface area contributed by atoms with E-state index in [1.54, 1.807) is 0 Å². The Morgan fingerprint density at radius 1 is 1.05 bits per heavy atom. The number of imidazole rings is 1. The quantitative estimate of drug-likeness (QED) is 0.616. The number of alkyl halides is 1. The van der Waals surface area contributed by atoms with Crippen LogP contribution in [0.5, 0.6) is 0 Å². The number of aromatic nitrogens is 2. The third kappa shape index (κ3) is 2.43. The number of halogens is 2. The number of hydrogen-bond acceptors (Lipinski definition) is 1. The van der Waals surface area contributed by atoms with Crippen LogP contribution in [0.15, 0.2) is 36.4 Å². The van der Waals surface area contributed by atoms with Crippen molar-refractivity contribution < 1.29 is 0 Å². The van der Waals surface area contributed by atoms with Gasteiger partial charge in [0.15, 0.2) is 0 Å². The topological polar surface area (TPSA) is 17.8 Å². The van der Waals surface area contributed by atoms with Gasteiger partial charge in [-0.15, -0.1) is 11.6 Å². The highest BCUT2D eigenvalue weighted by molar-refractivity contribution is 6.32. The molecule has 0 saturated heterocycles. The van der Waals surface area contributed by atoms with E-state index in [4.69, 9.17) is 28.2 Å². The SMILES string of the molecule is Cc1cccc(Cl)c1-n1c(CCCl)nc2c(C)cccc21. The lowest BCUT2D eigenvalue weighted by atomic mass is 10.1. The lowest BCUT2D eigenvalue weighted by Gasteiger charge is -2.13. The molecule has 0 fully saturated rings. The minimum atomic E-state index is 0.534. The third-order valence-electron chi connectivity index (χ3n) is 3.69. The lowest BCUT2D eigenvalue weighted by Crippen LogP contribution is -2.04.